The first-order valence-corrected chi connectivity index (χ1v) is 6.57. The van der Waals surface area contributed by atoms with Crippen molar-refractivity contribution in [1.29, 1.82) is 0 Å². The second kappa shape index (κ2) is 6.07. The fourth-order valence-electron chi connectivity index (χ4n) is 1.98. The van der Waals surface area contributed by atoms with Crippen LogP contribution in [0.1, 0.15) is 40.5 Å². The van der Waals surface area contributed by atoms with E-state index in [1.165, 1.54) is 0 Å². The predicted octanol–water partition coefficient (Wildman–Crippen LogP) is 1.77. The Bertz CT molecular complexity index is 302. The van der Waals surface area contributed by atoms with Gasteiger partial charge in [-0.3, -0.25) is 4.79 Å². The summed E-state index contributed by atoms with van der Waals surface area (Å²) in [6.45, 7) is 9.33. The zero-order chi connectivity index (χ0) is 13.8. The van der Waals surface area contributed by atoms with E-state index in [0.29, 0.717) is 32.5 Å². The number of ether oxygens (including phenoxy) is 1. The molecule has 1 saturated heterocycles. The third-order valence-electron chi connectivity index (χ3n) is 2.88. The number of nitrogens with one attached hydrogen (secondary N) is 1. The lowest BCUT2D eigenvalue weighted by atomic mass is 9.97. The Morgan fingerprint density at radius 2 is 1.83 bits per heavy atom. The highest BCUT2D eigenvalue weighted by molar-refractivity contribution is 5.76. The van der Waals surface area contributed by atoms with Gasteiger partial charge in [-0.2, -0.15) is 0 Å². The van der Waals surface area contributed by atoms with Gasteiger partial charge in [0.15, 0.2) is 0 Å². The maximum absolute atomic E-state index is 11.9. The van der Waals surface area contributed by atoms with Crippen molar-refractivity contribution in [3.05, 3.63) is 0 Å². The molecule has 5 nitrogen and oxygen atoms in total. The van der Waals surface area contributed by atoms with Crippen LogP contribution < -0.4 is 5.32 Å². The Kier molecular flexibility index (Phi) is 4.99. The molecular weight excluding hydrogens is 232 g/mol. The van der Waals surface area contributed by atoms with Gasteiger partial charge in [-0.25, -0.2) is 4.79 Å². The topological polar surface area (TPSA) is 58.6 Å². The minimum Gasteiger partial charge on any atom is -0.466 e. The van der Waals surface area contributed by atoms with Crippen LogP contribution in [-0.2, 0) is 9.53 Å². The van der Waals surface area contributed by atoms with Gasteiger partial charge in [0, 0.05) is 18.6 Å². The van der Waals surface area contributed by atoms with Gasteiger partial charge in [0.25, 0.3) is 0 Å². The molecule has 2 amide bonds. The van der Waals surface area contributed by atoms with Crippen LogP contribution in [0.3, 0.4) is 0 Å². The lowest BCUT2D eigenvalue weighted by Crippen LogP contribution is -2.51. The molecule has 1 rings (SSSR count). The van der Waals surface area contributed by atoms with Gasteiger partial charge in [-0.05, 0) is 40.5 Å². The summed E-state index contributed by atoms with van der Waals surface area (Å²) in [5.41, 5.74) is -0.227. The summed E-state index contributed by atoms with van der Waals surface area (Å²) in [6.07, 6.45) is 1.38. The number of nitrogens with zero attached hydrogens (tertiary/aromatic N) is 1. The van der Waals surface area contributed by atoms with Crippen LogP contribution in [0.4, 0.5) is 4.79 Å². The van der Waals surface area contributed by atoms with E-state index in [0.717, 1.165) is 0 Å². The van der Waals surface area contributed by atoms with E-state index in [9.17, 15) is 9.59 Å². The number of rotatable bonds is 2. The SMILES string of the molecule is CCOC(=O)C1CCN(C(=O)NC(C)(C)C)CC1. The normalized spacial score (nSPS) is 17.4. The second-order valence-electron chi connectivity index (χ2n) is 5.69. The van der Waals surface area contributed by atoms with Crippen LogP contribution in [0.2, 0.25) is 0 Å². The van der Waals surface area contributed by atoms with Crippen molar-refractivity contribution >= 4 is 12.0 Å². The number of hydrogen-bond donors (Lipinski definition) is 1. The molecule has 18 heavy (non-hydrogen) atoms. The van der Waals surface area contributed by atoms with Crippen molar-refractivity contribution in [2.45, 2.75) is 46.1 Å². The summed E-state index contributed by atoms with van der Waals surface area (Å²) in [7, 11) is 0. The van der Waals surface area contributed by atoms with Crippen molar-refractivity contribution < 1.29 is 14.3 Å². The number of likely N-dealkylation sites (tertiary alicyclic amines) is 1. The molecule has 0 unspecified atom stereocenters. The average Bonchev–Trinajstić information content (AvgIpc) is 2.27. The summed E-state index contributed by atoms with van der Waals surface area (Å²) >= 11 is 0. The van der Waals surface area contributed by atoms with Crippen molar-refractivity contribution in [2.75, 3.05) is 19.7 Å². The molecule has 0 bridgehead atoms. The average molecular weight is 256 g/mol. The third-order valence-corrected chi connectivity index (χ3v) is 2.88. The molecular formula is C13H24N2O3. The van der Waals surface area contributed by atoms with Gasteiger partial charge in [0.1, 0.15) is 0 Å². The molecule has 1 aliphatic rings. The minimum absolute atomic E-state index is 0.0511. The smallest absolute Gasteiger partial charge is 0.317 e. The van der Waals surface area contributed by atoms with Crippen LogP contribution in [-0.4, -0.2) is 42.1 Å². The standard InChI is InChI=1S/C13H24N2O3/c1-5-18-11(16)10-6-8-15(9-7-10)12(17)14-13(2,3)4/h10H,5-9H2,1-4H3,(H,14,17). The monoisotopic (exact) mass is 256 g/mol. The van der Waals surface area contributed by atoms with Crippen LogP contribution in [0.25, 0.3) is 0 Å². The Labute approximate surface area is 109 Å². The second-order valence-corrected chi connectivity index (χ2v) is 5.69. The van der Waals surface area contributed by atoms with Crippen molar-refractivity contribution in [3.63, 3.8) is 0 Å². The first-order valence-electron chi connectivity index (χ1n) is 6.57. The zero-order valence-electron chi connectivity index (χ0n) is 11.8. The number of amides is 2. The number of carbonyl (C=O) groups is 2. The summed E-state index contributed by atoms with van der Waals surface area (Å²) in [5.74, 6) is -0.183. The van der Waals surface area contributed by atoms with E-state index in [1.807, 2.05) is 27.7 Å². The molecule has 0 radical (unpaired) electrons. The van der Waals surface area contributed by atoms with Crippen LogP contribution in [0.15, 0.2) is 0 Å². The number of carbonyl (C=O) groups excluding carboxylic acids is 2. The van der Waals surface area contributed by atoms with E-state index in [2.05, 4.69) is 5.32 Å². The molecule has 0 aromatic rings. The number of urea groups is 1. The molecule has 5 heteroatoms. The van der Waals surface area contributed by atoms with E-state index in [1.54, 1.807) is 4.90 Å². The summed E-state index contributed by atoms with van der Waals surface area (Å²) in [4.78, 5) is 25.2. The molecule has 104 valence electrons. The molecule has 0 atom stereocenters. The van der Waals surface area contributed by atoms with Crippen LogP contribution in [0.5, 0.6) is 0 Å². The Morgan fingerprint density at radius 3 is 2.28 bits per heavy atom. The van der Waals surface area contributed by atoms with Gasteiger partial charge in [0.05, 0.1) is 12.5 Å². The van der Waals surface area contributed by atoms with Gasteiger partial charge in [-0.1, -0.05) is 0 Å². The number of piperidine rings is 1. The molecule has 1 heterocycles. The van der Waals surface area contributed by atoms with Gasteiger partial charge in [-0.15, -0.1) is 0 Å². The van der Waals surface area contributed by atoms with Crippen LogP contribution >= 0.6 is 0 Å². The molecule has 1 N–H and O–H groups in total. The third kappa shape index (κ3) is 4.55. The first kappa shape index (κ1) is 14.8. The van der Waals surface area contributed by atoms with Gasteiger partial charge < -0.3 is 15.0 Å². The highest BCUT2D eigenvalue weighted by atomic mass is 16.5. The summed E-state index contributed by atoms with van der Waals surface area (Å²) < 4.78 is 5.00. The molecule has 0 aromatic carbocycles. The zero-order valence-corrected chi connectivity index (χ0v) is 11.8. The minimum atomic E-state index is -0.227. The fourth-order valence-corrected chi connectivity index (χ4v) is 1.98. The van der Waals surface area contributed by atoms with E-state index < -0.39 is 0 Å². The van der Waals surface area contributed by atoms with E-state index in [4.69, 9.17) is 4.74 Å². The van der Waals surface area contributed by atoms with E-state index in [-0.39, 0.29) is 23.5 Å². The van der Waals surface area contributed by atoms with Crippen molar-refractivity contribution in [1.82, 2.24) is 10.2 Å². The largest absolute Gasteiger partial charge is 0.466 e. The number of hydrogen-bond acceptors (Lipinski definition) is 3. The first-order chi connectivity index (χ1) is 8.33. The van der Waals surface area contributed by atoms with Crippen LogP contribution in [0, 0.1) is 5.92 Å². The molecule has 0 spiro atoms. The summed E-state index contributed by atoms with van der Waals surface area (Å²) in [6, 6.07) is -0.0511. The quantitative estimate of drug-likeness (QED) is 0.766. The Morgan fingerprint density at radius 1 is 1.28 bits per heavy atom. The molecule has 1 aliphatic heterocycles. The van der Waals surface area contributed by atoms with E-state index >= 15 is 0 Å². The Balaban J connectivity index is 2.39. The fraction of sp³-hybridized carbons (Fsp3) is 0.846. The molecule has 0 aromatic heterocycles. The molecule has 0 aliphatic carbocycles. The van der Waals surface area contributed by atoms with Gasteiger partial charge >= 0.3 is 12.0 Å². The highest BCUT2D eigenvalue weighted by Crippen LogP contribution is 2.19. The maximum atomic E-state index is 11.9. The lowest BCUT2D eigenvalue weighted by Gasteiger charge is -2.33. The highest BCUT2D eigenvalue weighted by Gasteiger charge is 2.29. The maximum Gasteiger partial charge on any atom is 0.317 e. The van der Waals surface area contributed by atoms with Crippen molar-refractivity contribution in [3.8, 4) is 0 Å². The summed E-state index contributed by atoms with van der Waals surface area (Å²) in [5, 5.41) is 2.93. The predicted molar refractivity (Wildman–Crippen MR) is 69.2 cm³/mol. The molecule has 1 fully saturated rings. The van der Waals surface area contributed by atoms with Gasteiger partial charge in [0.2, 0.25) is 0 Å². The Hall–Kier alpha value is -1.26. The lowest BCUT2D eigenvalue weighted by molar-refractivity contribution is -0.149. The van der Waals surface area contributed by atoms with Crippen molar-refractivity contribution in [2.24, 2.45) is 5.92 Å². The number of esters is 1. The molecule has 0 saturated carbocycles.